The minimum absolute atomic E-state index is 0. The van der Waals surface area contributed by atoms with Crippen LogP contribution in [-0.4, -0.2) is 39.9 Å². The second kappa shape index (κ2) is 11.1. The van der Waals surface area contributed by atoms with Crippen molar-refractivity contribution in [2.24, 2.45) is 4.99 Å². The van der Waals surface area contributed by atoms with Crippen LogP contribution in [0, 0.1) is 6.92 Å². The van der Waals surface area contributed by atoms with E-state index in [2.05, 4.69) is 57.0 Å². The fourth-order valence-electron chi connectivity index (χ4n) is 2.51. The van der Waals surface area contributed by atoms with Gasteiger partial charge in [-0.25, -0.2) is 0 Å². The van der Waals surface area contributed by atoms with Crippen molar-refractivity contribution in [3.8, 4) is 0 Å². The highest BCUT2D eigenvalue weighted by atomic mass is 127. The molecule has 0 radical (unpaired) electrons. The van der Waals surface area contributed by atoms with Crippen molar-refractivity contribution in [3.05, 3.63) is 65.6 Å². The fourth-order valence-corrected chi connectivity index (χ4v) is 3.33. The number of benzene rings is 1. The van der Waals surface area contributed by atoms with E-state index < -0.39 is 0 Å². The zero-order valence-electron chi connectivity index (χ0n) is 15.6. The number of aryl methyl sites for hydroxylation is 1. The summed E-state index contributed by atoms with van der Waals surface area (Å²) < 4.78 is 1.97. The van der Waals surface area contributed by atoms with Gasteiger partial charge in [-0.15, -0.1) is 34.2 Å². The molecule has 2 N–H and O–H groups in total. The van der Waals surface area contributed by atoms with Gasteiger partial charge in [0, 0.05) is 31.3 Å². The summed E-state index contributed by atoms with van der Waals surface area (Å²) in [6.07, 6.45) is 1.96. The maximum Gasteiger partial charge on any atom is 0.191 e. The number of rotatable bonds is 7. The molecule has 0 aliphatic rings. The van der Waals surface area contributed by atoms with Crippen LogP contribution in [0.4, 0.5) is 0 Å². The minimum atomic E-state index is 0. The summed E-state index contributed by atoms with van der Waals surface area (Å²) in [5.74, 6) is 3.67. The second-order valence-electron chi connectivity index (χ2n) is 5.94. The average Bonchev–Trinajstić information content (AvgIpc) is 3.08. The number of pyridine rings is 1. The number of nitrogens with one attached hydrogen (secondary N) is 2. The van der Waals surface area contributed by atoms with Gasteiger partial charge < -0.3 is 10.6 Å². The molecular formula is C19H25IN6S. The quantitative estimate of drug-likeness (QED) is 0.228. The van der Waals surface area contributed by atoms with Crippen LogP contribution in [0.3, 0.4) is 0 Å². The van der Waals surface area contributed by atoms with Crippen LogP contribution in [-0.2, 0) is 12.3 Å². The van der Waals surface area contributed by atoms with Crippen LogP contribution in [0.5, 0.6) is 0 Å². The van der Waals surface area contributed by atoms with E-state index in [-0.39, 0.29) is 24.0 Å². The van der Waals surface area contributed by atoms with Crippen molar-refractivity contribution in [3.63, 3.8) is 0 Å². The van der Waals surface area contributed by atoms with Gasteiger partial charge in [-0.1, -0.05) is 35.9 Å². The maximum atomic E-state index is 4.26. The van der Waals surface area contributed by atoms with Crippen molar-refractivity contribution < 1.29 is 0 Å². The Morgan fingerprint density at radius 3 is 2.70 bits per heavy atom. The van der Waals surface area contributed by atoms with Crippen LogP contribution >= 0.6 is 35.7 Å². The summed E-state index contributed by atoms with van der Waals surface area (Å²) in [6.45, 7) is 3.54. The summed E-state index contributed by atoms with van der Waals surface area (Å²) in [4.78, 5) is 4.26. The van der Waals surface area contributed by atoms with Crippen LogP contribution in [0.15, 0.2) is 53.7 Å². The van der Waals surface area contributed by atoms with E-state index in [1.807, 2.05) is 40.6 Å². The normalized spacial score (nSPS) is 11.3. The van der Waals surface area contributed by atoms with Gasteiger partial charge in [0.15, 0.2) is 17.4 Å². The lowest BCUT2D eigenvalue weighted by molar-refractivity contribution is 0.773. The number of hydrogen-bond donors (Lipinski definition) is 2. The van der Waals surface area contributed by atoms with E-state index in [1.165, 1.54) is 11.1 Å². The molecule has 6 nitrogen and oxygen atoms in total. The van der Waals surface area contributed by atoms with Gasteiger partial charge in [0.05, 0.1) is 6.54 Å². The first-order chi connectivity index (χ1) is 12.8. The molecule has 3 rings (SSSR count). The Hall–Kier alpha value is -1.81. The summed E-state index contributed by atoms with van der Waals surface area (Å²) in [5, 5.41) is 15.0. The lowest BCUT2D eigenvalue weighted by Crippen LogP contribution is -2.38. The number of guanidine groups is 1. The standard InChI is InChI=1S/C19H24N6S.HI/c1-15-6-8-16(9-7-15)14-26-12-10-21-19(20-2)22-13-18-24-23-17-5-3-4-11-25(17)18;/h3-9,11H,10,12-14H2,1-2H3,(H2,20,21,22);1H. The van der Waals surface area contributed by atoms with Gasteiger partial charge in [-0.2, -0.15) is 11.8 Å². The molecular weight excluding hydrogens is 471 g/mol. The predicted octanol–water partition coefficient (Wildman–Crippen LogP) is 3.25. The van der Waals surface area contributed by atoms with Crippen molar-refractivity contribution >= 4 is 47.3 Å². The Morgan fingerprint density at radius 1 is 1.11 bits per heavy atom. The molecule has 0 saturated carbocycles. The SMILES string of the molecule is CN=C(NCCSCc1ccc(C)cc1)NCc1nnc2ccccn12.I. The van der Waals surface area contributed by atoms with E-state index in [4.69, 9.17) is 0 Å². The van der Waals surface area contributed by atoms with Crippen LogP contribution in [0.1, 0.15) is 17.0 Å². The Balaban J connectivity index is 0.00000261. The molecule has 0 bridgehead atoms. The predicted molar refractivity (Wildman–Crippen MR) is 124 cm³/mol. The van der Waals surface area contributed by atoms with E-state index in [9.17, 15) is 0 Å². The van der Waals surface area contributed by atoms with Crippen LogP contribution in [0.2, 0.25) is 0 Å². The number of fused-ring (bicyclic) bond motifs is 1. The summed E-state index contributed by atoms with van der Waals surface area (Å²) in [5.41, 5.74) is 3.51. The molecule has 0 atom stereocenters. The smallest absolute Gasteiger partial charge is 0.191 e. The highest BCUT2D eigenvalue weighted by Crippen LogP contribution is 2.12. The highest BCUT2D eigenvalue weighted by Gasteiger charge is 2.05. The topological polar surface area (TPSA) is 66.6 Å². The van der Waals surface area contributed by atoms with Crippen LogP contribution in [0.25, 0.3) is 5.65 Å². The third-order valence-electron chi connectivity index (χ3n) is 3.95. The van der Waals surface area contributed by atoms with Gasteiger partial charge in [0.1, 0.15) is 0 Å². The lowest BCUT2D eigenvalue weighted by atomic mass is 10.2. The molecule has 0 aliphatic heterocycles. The molecule has 0 spiro atoms. The number of hydrogen-bond acceptors (Lipinski definition) is 4. The van der Waals surface area contributed by atoms with Crippen molar-refractivity contribution in [1.29, 1.82) is 0 Å². The van der Waals surface area contributed by atoms with Gasteiger partial charge in [-0.05, 0) is 24.6 Å². The second-order valence-corrected chi connectivity index (χ2v) is 7.04. The third kappa shape index (κ3) is 6.39. The third-order valence-corrected chi connectivity index (χ3v) is 4.98. The number of aliphatic imine (C=N–C) groups is 1. The molecule has 2 heterocycles. The summed E-state index contributed by atoms with van der Waals surface area (Å²) >= 11 is 1.91. The lowest BCUT2D eigenvalue weighted by Gasteiger charge is -2.11. The van der Waals surface area contributed by atoms with Crippen LogP contribution < -0.4 is 10.6 Å². The highest BCUT2D eigenvalue weighted by molar-refractivity contribution is 14.0. The van der Waals surface area contributed by atoms with Crippen molar-refractivity contribution in [2.45, 2.75) is 19.2 Å². The minimum Gasteiger partial charge on any atom is -0.356 e. The molecule has 0 unspecified atom stereocenters. The number of aromatic nitrogens is 3. The van der Waals surface area contributed by atoms with Gasteiger partial charge in [0.25, 0.3) is 0 Å². The Labute approximate surface area is 181 Å². The number of nitrogens with zero attached hydrogens (tertiary/aromatic N) is 4. The zero-order valence-corrected chi connectivity index (χ0v) is 18.7. The Morgan fingerprint density at radius 2 is 1.93 bits per heavy atom. The zero-order chi connectivity index (χ0) is 18.2. The number of thioether (sulfide) groups is 1. The van der Waals surface area contributed by atoms with Crippen molar-refractivity contribution in [2.75, 3.05) is 19.3 Å². The monoisotopic (exact) mass is 496 g/mol. The average molecular weight is 496 g/mol. The molecule has 0 saturated heterocycles. The van der Waals surface area contributed by atoms with Gasteiger partial charge in [0.2, 0.25) is 0 Å². The maximum absolute atomic E-state index is 4.26. The molecule has 0 amide bonds. The Kier molecular flexibility index (Phi) is 8.86. The largest absolute Gasteiger partial charge is 0.356 e. The fraction of sp³-hybridized carbons (Fsp3) is 0.316. The number of halogens is 1. The molecule has 0 fully saturated rings. The summed E-state index contributed by atoms with van der Waals surface area (Å²) in [7, 11) is 1.77. The molecule has 0 aliphatic carbocycles. The molecule has 1 aromatic carbocycles. The molecule has 3 aromatic rings. The van der Waals surface area contributed by atoms with Crippen molar-refractivity contribution in [1.82, 2.24) is 25.2 Å². The molecule has 8 heteroatoms. The molecule has 27 heavy (non-hydrogen) atoms. The first kappa shape index (κ1) is 21.5. The Bertz CT molecular complexity index is 862. The molecule has 144 valence electrons. The van der Waals surface area contributed by atoms with Gasteiger partial charge >= 0.3 is 0 Å². The van der Waals surface area contributed by atoms with E-state index in [0.29, 0.717) is 6.54 Å². The van der Waals surface area contributed by atoms with E-state index in [0.717, 1.165) is 35.5 Å². The molecule has 2 aromatic heterocycles. The van der Waals surface area contributed by atoms with Gasteiger partial charge in [-0.3, -0.25) is 9.39 Å². The first-order valence-electron chi connectivity index (χ1n) is 8.63. The summed E-state index contributed by atoms with van der Waals surface area (Å²) in [6, 6.07) is 14.6. The van der Waals surface area contributed by atoms with E-state index in [1.54, 1.807) is 7.05 Å². The van der Waals surface area contributed by atoms with E-state index >= 15 is 0 Å². The first-order valence-corrected chi connectivity index (χ1v) is 9.78.